The molecule has 0 unspecified atom stereocenters. The Hall–Kier alpha value is -0.330. The molecule has 0 aliphatic rings. The van der Waals surface area contributed by atoms with Gasteiger partial charge in [-0.1, -0.05) is 48.4 Å². The van der Waals surface area contributed by atoms with E-state index in [0.717, 1.165) is 0 Å². The van der Waals surface area contributed by atoms with E-state index in [1.54, 1.807) is 58.8 Å². The number of hydrogen-bond acceptors (Lipinski definition) is 5. The summed E-state index contributed by atoms with van der Waals surface area (Å²) in [7, 11) is 0. The molecule has 2 aromatic rings. The lowest BCUT2D eigenvalue weighted by Crippen LogP contribution is -1.83. The van der Waals surface area contributed by atoms with Crippen molar-refractivity contribution in [1.82, 2.24) is 0 Å². The Balaban J connectivity index is 2.37. The van der Waals surface area contributed by atoms with Gasteiger partial charge in [-0.25, -0.2) is 0 Å². The van der Waals surface area contributed by atoms with Crippen LogP contribution < -0.4 is 0 Å². The minimum atomic E-state index is 1.25. The first-order valence-electron chi connectivity index (χ1n) is 6.81. The van der Waals surface area contributed by atoms with Crippen LogP contribution in [0.1, 0.15) is 0 Å². The van der Waals surface area contributed by atoms with Gasteiger partial charge in [-0.3, -0.25) is 0 Å². The molecule has 5 heteroatoms. The van der Waals surface area contributed by atoms with E-state index in [-0.39, 0.29) is 0 Å². The van der Waals surface area contributed by atoms with Gasteiger partial charge in [-0.15, -0.1) is 23.5 Å². The summed E-state index contributed by atoms with van der Waals surface area (Å²) in [5.74, 6) is 0. The highest BCUT2D eigenvalue weighted by atomic mass is 32.2. The van der Waals surface area contributed by atoms with Crippen LogP contribution in [0.15, 0.2) is 89.7 Å². The Bertz CT molecular complexity index is 634. The van der Waals surface area contributed by atoms with E-state index in [1.165, 1.54) is 29.4 Å². The number of hydrogen-bond donors (Lipinski definition) is 0. The SMILES string of the molecule is C=CSc1cc(SC)ccc1Sc1ccc(SC)cc1SC=C. The molecule has 0 heterocycles. The third kappa shape index (κ3) is 5.33. The normalized spacial score (nSPS) is 10.5. The van der Waals surface area contributed by atoms with Gasteiger partial charge in [0.15, 0.2) is 0 Å². The lowest BCUT2D eigenvalue weighted by atomic mass is 10.3. The number of benzene rings is 2. The lowest BCUT2D eigenvalue weighted by Gasteiger charge is -2.12. The quantitative estimate of drug-likeness (QED) is 0.418. The second-order valence-corrected chi connectivity index (χ2v) is 9.16. The van der Waals surface area contributed by atoms with E-state index in [1.807, 2.05) is 10.8 Å². The van der Waals surface area contributed by atoms with Crippen LogP contribution in [0.25, 0.3) is 0 Å². The van der Waals surface area contributed by atoms with Gasteiger partial charge < -0.3 is 0 Å². The van der Waals surface area contributed by atoms with Crippen LogP contribution in [0.4, 0.5) is 0 Å². The first kappa shape index (κ1) is 19.0. The van der Waals surface area contributed by atoms with E-state index in [0.29, 0.717) is 0 Å². The average molecular weight is 395 g/mol. The predicted octanol–water partition coefficient (Wildman–Crippen LogP) is 7.75. The standard InChI is InChI=1S/C18H18S5/c1-5-21-17-11-13(19-3)7-9-15(17)23-16-10-8-14(20-4)12-18(16)22-6-2/h5-12H,1-2H2,3-4H3. The second-order valence-electron chi connectivity index (χ2n) is 4.30. The van der Waals surface area contributed by atoms with Crippen molar-refractivity contribution >= 4 is 58.8 Å². The van der Waals surface area contributed by atoms with Crippen molar-refractivity contribution in [3.05, 3.63) is 60.4 Å². The monoisotopic (exact) mass is 394 g/mol. The van der Waals surface area contributed by atoms with Crippen molar-refractivity contribution in [3.8, 4) is 0 Å². The molecule has 0 radical (unpaired) electrons. The number of rotatable bonds is 8. The summed E-state index contributed by atoms with van der Waals surface area (Å²) in [6.45, 7) is 7.71. The maximum atomic E-state index is 3.86. The van der Waals surface area contributed by atoms with Crippen LogP contribution in [0.2, 0.25) is 0 Å². The van der Waals surface area contributed by atoms with E-state index < -0.39 is 0 Å². The molecule has 0 atom stereocenters. The summed E-state index contributed by atoms with van der Waals surface area (Å²) in [4.78, 5) is 7.57. The van der Waals surface area contributed by atoms with Gasteiger partial charge in [0.25, 0.3) is 0 Å². The molecule has 0 aliphatic heterocycles. The average Bonchev–Trinajstić information content (AvgIpc) is 2.58. The van der Waals surface area contributed by atoms with Gasteiger partial charge in [0.2, 0.25) is 0 Å². The molecule has 23 heavy (non-hydrogen) atoms. The molecule has 0 bridgehead atoms. The molecule has 120 valence electrons. The minimum absolute atomic E-state index is 1.25. The highest BCUT2D eigenvalue weighted by Crippen LogP contribution is 2.42. The largest absolute Gasteiger partial charge is 0.130 e. The van der Waals surface area contributed by atoms with Crippen molar-refractivity contribution in [2.45, 2.75) is 29.4 Å². The van der Waals surface area contributed by atoms with Crippen molar-refractivity contribution < 1.29 is 0 Å². The zero-order valence-corrected chi connectivity index (χ0v) is 17.2. The smallest absolute Gasteiger partial charge is 0.0266 e. The van der Waals surface area contributed by atoms with Gasteiger partial charge in [0, 0.05) is 29.4 Å². The molecule has 2 rings (SSSR count). The fourth-order valence-electron chi connectivity index (χ4n) is 1.88. The first-order valence-corrected chi connectivity index (χ1v) is 11.8. The molecular formula is C18H18S5. The highest BCUT2D eigenvalue weighted by molar-refractivity contribution is 8.05. The molecular weight excluding hydrogens is 377 g/mol. The molecule has 0 aromatic heterocycles. The first-order chi connectivity index (χ1) is 11.2. The zero-order valence-electron chi connectivity index (χ0n) is 13.1. The topological polar surface area (TPSA) is 0 Å². The third-order valence-electron chi connectivity index (χ3n) is 2.94. The summed E-state index contributed by atoms with van der Waals surface area (Å²) in [6.07, 6.45) is 4.20. The molecule has 0 aliphatic carbocycles. The van der Waals surface area contributed by atoms with Crippen LogP contribution in [0.5, 0.6) is 0 Å². The van der Waals surface area contributed by atoms with Crippen molar-refractivity contribution in [3.63, 3.8) is 0 Å². The fraction of sp³-hybridized carbons (Fsp3) is 0.111. The van der Waals surface area contributed by atoms with Crippen LogP contribution in [0.3, 0.4) is 0 Å². The third-order valence-corrected chi connectivity index (χ3v) is 7.32. The Labute approximate surface area is 160 Å². The Kier molecular flexibility index (Phi) is 8.13. The highest BCUT2D eigenvalue weighted by Gasteiger charge is 2.10. The minimum Gasteiger partial charge on any atom is -0.130 e. The summed E-state index contributed by atoms with van der Waals surface area (Å²) >= 11 is 8.68. The number of thioether (sulfide) groups is 4. The Morgan fingerprint density at radius 1 is 0.696 bits per heavy atom. The molecule has 0 saturated heterocycles. The summed E-state index contributed by atoms with van der Waals surface area (Å²) < 4.78 is 0. The van der Waals surface area contributed by atoms with Crippen LogP contribution in [-0.2, 0) is 0 Å². The molecule has 2 aromatic carbocycles. The maximum absolute atomic E-state index is 3.86. The van der Waals surface area contributed by atoms with Crippen molar-refractivity contribution in [2.24, 2.45) is 0 Å². The maximum Gasteiger partial charge on any atom is 0.0266 e. The fourth-order valence-corrected chi connectivity index (χ4v) is 5.39. The molecule has 0 N–H and O–H groups in total. The predicted molar refractivity (Wildman–Crippen MR) is 113 cm³/mol. The van der Waals surface area contributed by atoms with E-state index in [4.69, 9.17) is 0 Å². The van der Waals surface area contributed by atoms with E-state index in [9.17, 15) is 0 Å². The van der Waals surface area contributed by atoms with Crippen LogP contribution >= 0.6 is 58.8 Å². The van der Waals surface area contributed by atoms with Gasteiger partial charge in [-0.2, -0.15) is 0 Å². The van der Waals surface area contributed by atoms with Crippen molar-refractivity contribution in [2.75, 3.05) is 12.5 Å². The second kappa shape index (κ2) is 9.84. The van der Waals surface area contributed by atoms with E-state index >= 15 is 0 Å². The van der Waals surface area contributed by atoms with Gasteiger partial charge in [0.1, 0.15) is 0 Å². The molecule has 0 amide bonds. The summed E-state index contributed by atoms with van der Waals surface area (Å²) in [5.41, 5.74) is 0. The molecule has 0 saturated carbocycles. The zero-order chi connectivity index (χ0) is 16.7. The summed E-state index contributed by atoms with van der Waals surface area (Å²) in [5, 5.41) is 3.78. The van der Waals surface area contributed by atoms with E-state index in [2.05, 4.69) is 62.1 Å². The lowest BCUT2D eigenvalue weighted by molar-refractivity contribution is 1.15. The molecule has 0 fully saturated rings. The summed E-state index contributed by atoms with van der Waals surface area (Å²) in [6, 6.07) is 13.2. The molecule has 0 nitrogen and oxygen atoms in total. The van der Waals surface area contributed by atoms with Crippen LogP contribution in [-0.4, -0.2) is 12.5 Å². The van der Waals surface area contributed by atoms with Gasteiger partial charge in [-0.05, 0) is 59.7 Å². The van der Waals surface area contributed by atoms with Gasteiger partial charge in [0.05, 0.1) is 0 Å². The Morgan fingerprint density at radius 3 is 1.48 bits per heavy atom. The Morgan fingerprint density at radius 2 is 1.13 bits per heavy atom. The van der Waals surface area contributed by atoms with Crippen LogP contribution in [0, 0.1) is 0 Å². The molecule has 0 spiro atoms. The van der Waals surface area contributed by atoms with Crippen molar-refractivity contribution in [1.29, 1.82) is 0 Å². The van der Waals surface area contributed by atoms with Gasteiger partial charge >= 0.3 is 0 Å².